The van der Waals surface area contributed by atoms with Crippen LogP contribution < -0.4 is 5.32 Å². The maximum absolute atomic E-state index is 14.0. The molecule has 1 heterocycles. The molecule has 2 N–H and O–H groups in total. The van der Waals surface area contributed by atoms with Gasteiger partial charge in [-0.3, -0.25) is 9.89 Å². The Morgan fingerprint density at radius 2 is 2.22 bits per heavy atom. The summed E-state index contributed by atoms with van der Waals surface area (Å²) >= 11 is 0. The molecule has 0 aliphatic heterocycles. The highest BCUT2D eigenvalue weighted by atomic mass is 32.2. The van der Waals surface area contributed by atoms with Crippen LogP contribution in [0.3, 0.4) is 0 Å². The van der Waals surface area contributed by atoms with Gasteiger partial charge in [0.1, 0.15) is 5.82 Å². The highest BCUT2D eigenvalue weighted by molar-refractivity contribution is 7.90. The van der Waals surface area contributed by atoms with E-state index < -0.39 is 21.6 Å². The molecule has 1 aromatic heterocycles. The van der Waals surface area contributed by atoms with Crippen molar-refractivity contribution in [3.63, 3.8) is 0 Å². The van der Waals surface area contributed by atoms with E-state index in [0.717, 1.165) is 36.4 Å². The Morgan fingerprint density at radius 3 is 2.91 bits per heavy atom. The van der Waals surface area contributed by atoms with E-state index in [2.05, 4.69) is 15.5 Å². The molecule has 120 valence electrons. The molecule has 0 spiro atoms. The number of anilines is 1. The van der Waals surface area contributed by atoms with Crippen molar-refractivity contribution >= 4 is 21.4 Å². The number of amides is 1. The standard InChI is InChI=1S/C15H14FN3O3S/c1-23(21,22)8-2-3-12(11(16)6-8)17-15(20)14-10-5-7-4-9(7)13(10)18-19-14/h2-3,6-7,9H,4-5H2,1H3,(H,17,20)(H,18,19). The van der Waals surface area contributed by atoms with Gasteiger partial charge in [-0.05, 0) is 37.0 Å². The highest BCUT2D eigenvalue weighted by Crippen LogP contribution is 2.56. The van der Waals surface area contributed by atoms with Gasteiger partial charge >= 0.3 is 0 Å². The number of H-pyrrole nitrogens is 1. The van der Waals surface area contributed by atoms with Gasteiger partial charge in [0.15, 0.2) is 15.5 Å². The number of aromatic nitrogens is 2. The van der Waals surface area contributed by atoms with Crippen molar-refractivity contribution in [2.75, 3.05) is 11.6 Å². The second-order valence-electron chi connectivity index (χ2n) is 6.14. The predicted octanol–water partition coefficient (Wildman–Crippen LogP) is 1.86. The minimum Gasteiger partial charge on any atom is -0.318 e. The Kier molecular flexibility index (Phi) is 2.90. The van der Waals surface area contributed by atoms with Crippen molar-refractivity contribution in [3.8, 4) is 0 Å². The highest BCUT2D eigenvalue weighted by Gasteiger charge is 2.48. The Morgan fingerprint density at radius 1 is 1.43 bits per heavy atom. The van der Waals surface area contributed by atoms with Gasteiger partial charge in [-0.25, -0.2) is 12.8 Å². The molecule has 0 bridgehead atoms. The third kappa shape index (κ3) is 2.33. The maximum Gasteiger partial charge on any atom is 0.276 e. The fourth-order valence-electron chi connectivity index (χ4n) is 3.18. The molecule has 2 unspecified atom stereocenters. The van der Waals surface area contributed by atoms with Gasteiger partial charge in [0.05, 0.1) is 10.6 Å². The molecule has 2 atom stereocenters. The predicted molar refractivity (Wildman–Crippen MR) is 80.6 cm³/mol. The molecule has 1 amide bonds. The number of carbonyl (C=O) groups excluding carboxylic acids is 1. The number of benzene rings is 1. The Hall–Kier alpha value is -2.22. The Bertz CT molecular complexity index is 935. The Balaban J connectivity index is 1.59. The fourth-order valence-corrected chi connectivity index (χ4v) is 3.81. The van der Waals surface area contributed by atoms with Gasteiger partial charge in [-0.15, -0.1) is 0 Å². The van der Waals surface area contributed by atoms with Crippen molar-refractivity contribution in [1.82, 2.24) is 10.2 Å². The zero-order chi connectivity index (χ0) is 16.4. The SMILES string of the molecule is CS(=O)(=O)c1ccc(NC(=O)c2n[nH]c3c2CC2CC32)c(F)c1. The summed E-state index contributed by atoms with van der Waals surface area (Å²) in [6.07, 6.45) is 2.96. The van der Waals surface area contributed by atoms with Crippen LogP contribution in [0.4, 0.5) is 10.1 Å². The molecule has 8 heteroatoms. The van der Waals surface area contributed by atoms with E-state index in [1.807, 2.05) is 0 Å². The van der Waals surface area contributed by atoms with Crippen molar-refractivity contribution in [2.45, 2.75) is 23.7 Å². The quantitative estimate of drug-likeness (QED) is 0.895. The van der Waals surface area contributed by atoms with Crippen molar-refractivity contribution in [1.29, 1.82) is 0 Å². The van der Waals surface area contributed by atoms with Crippen LogP contribution in [0.15, 0.2) is 23.1 Å². The number of carbonyl (C=O) groups is 1. The second kappa shape index (κ2) is 4.64. The third-order valence-corrected chi connectivity index (χ3v) is 5.60. The lowest BCUT2D eigenvalue weighted by Gasteiger charge is -2.07. The summed E-state index contributed by atoms with van der Waals surface area (Å²) in [6.45, 7) is 0. The minimum atomic E-state index is -3.49. The van der Waals surface area contributed by atoms with E-state index in [1.54, 1.807) is 0 Å². The van der Waals surface area contributed by atoms with Crippen LogP contribution in [0.1, 0.15) is 34.1 Å². The molecule has 0 saturated heterocycles. The minimum absolute atomic E-state index is 0.0673. The largest absolute Gasteiger partial charge is 0.318 e. The lowest BCUT2D eigenvalue weighted by atomic mass is 10.1. The smallest absolute Gasteiger partial charge is 0.276 e. The van der Waals surface area contributed by atoms with Crippen LogP contribution in [-0.2, 0) is 16.3 Å². The molecule has 23 heavy (non-hydrogen) atoms. The number of nitrogens with one attached hydrogen (secondary N) is 2. The first-order valence-corrected chi connectivity index (χ1v) is 9.12. The zero-order valence-corrected chi connectivity index (χ0v) is 13.1. The van der Waals surface area contributed by atoms with E-state index in [1.165, 1.54) is 12.1 Å². The molecule has 2 aromatic rings. The van der Waals surface area contributed by atoms with E-state index in [4.69, 9.17) is 0 Å². The number of sulfone groups is 1. The van der Waals surface area contributed by atoms with Crippen LogP contribution in [0.5, 0.6) is 0 Å². The molecule has 2 aliphatic carbocycles. The molecule has 2 aliphatic rings. The number of fused-ring (bicyclic) bond motifs is 3. The first-order chi connectivity index (χ1) is 10.8. The monoisotopic (exact) mass is 335 g/mol. The number of hydrogen-bond donors (Lipinski definition) is 2. The van der Waals surface area contributed by atoms with Gasteiger partial charge in [0.2, 0.25) is 0 Å². The second-order valence-corrected chi connectivity index (χ2v) is 8.15. The summed E-state index contributed by atoms with van der Waals surface area (Å²) in [4.78, 5) is 12.2. The lowest BCUT2D eigenvalue weighted by molar-refractivity contribution is 0.102. The van der Waals surface area contributed by atoms with Crippen molar-refractivity contribution in [3.05, 3.63) is 41.0 Å². The van der Waals surface area contributed by atoms with E-state index in [0.29, 0.717) is 17.5 Å². The third-order valence-electron chi connectivity index (χ3n) is 4.49. The fraction of sp³-hybridized carbons (Fsp3) is 0.333. The average molecular weight is 335 g/mol. The molecule has 0 radical (unpaired) electrons. The van der Waals surface area contributed by atoms with Gasteiger partial charge in [-0.1, -0.05) is 0 Å². The summed E-state index contributed by atoms with van der Waals surface area (Å²) < 4.78 is 36.8. The lowest BCUT2D eigenvalue weighted by Crippen LogP contribution is -2.15. The van der Waals surface area contributed by atoms with Crippen LogP contribution in [0.2, 0.25) is 0 Å². The first kappa shape index (κ1) is 14.4. The molecule has 1 fully saturated rings. The van der Waals surface area contributed by atoms with Gasteiger partial charge in [0, 0.05) is 23.4 Å². The number of hydrogen-bond acceptors (Lipinski definition) is 4. The van der Waals surface area contributed by atoms with E-state index >= 15 is 0 Å². The van der Waals surface area contributed by atoms with E-state index in [9.17, 15) is 17.6 Å². The first-order valence-electron chi connectivity index (χ1n) is 7.22. The van der Waals surface area contributed by atoms with Crippen LogP contribution in [0.25, 0.3) is 0 Å². The van der Waals surface area contributed by atoms with E-state index in [-0.39, 0.29) is 10.6 Å². The molecular formula is C15H14FN3O3S. The van der Waals surface area contributed by atoms with Gasteiger partial charge in [-0.2, -0.15) is 5.10 Å². The average Bonchev–Trinajstić information content (AvgIpc) is 2.95. The summed E-state index contributed by atoms with van der Waals surface area (Å²) in [6, 6.07) is 3.40. The summed E-state index contributed by atoms with van der Waals surface area (Å²) in [5, 5.41) is 9.41. The summed E-state index contributed by atoms with van der Waals surface area (Å²) in [7, 11) is -3.49. The van der Waals surface area contributed by atoms with Gasteiger partial charge < -0.3 is 5.32 Å². The number of rotatable bonds is 3. The maximum atomic E-state index is 14.0. The molecule has 6 nitrogen and oxygen atoms in total. The number of aromatic amines is 1. The van der Waals surface area contributed by atoms with Crippen molar-refractivity contribution < 1.29 is 17.6 Å². The van der Waals surface area contributed by atoms with Crippen molar-refractivity contribution in [2.24, 2.45) is 5.92 Å². The van der Waals surface area contributed by atoms with Crippen LogP contribution in [-0.4, -0.2) is 30.8 Å². The number of halogens is 1. The summed E-state index contributed by atoms with van der Waals surface area (Å²) in [5.74, 6) is -0.187. The normalized spacial score (nSPS) is 21.7. The summed E-state index contributed by atoms with van der Waals surface area (Å²) in [5.41, 5.74) is 2.16. The van der Waals surface area contributed by atoms with Crippen LogP contribution in [0, 0.1) is 11.7 Å². The topological polar surface area (TPSA) is 91.9 Å². The molecule has 4 rings (SSSR count). The number of nitrogens with zero attached hydrogens (tertiary/aromatic N) is 1. The molecule has 1 saturated carbocycles. The molecule has 1 aromatic carbocycles. The molecular weight excluding hydrogens is 321 g/mol. The Labute approximate surface area is 132 Å². The zero-order valence-electron chi connectivity index (χ0n) is 12.3. The van der Waals surface area contributed by atoms with Gasteiger partial charge in [0.25, 0.3) is 5.91 Å². The van der Waals surface area contributed by atoms with Crippen LogP contribution >= 0.6 is 0 Å².